The lowest BCUT2D eigenvalue weighted by Crippen LogP contribution is -2.54. The molecule has 0 spiro atoms. The molecule has 7 heteroatoms. The van der Waals surface area contributed by atoms with Gasteiger partial charge in [0.1, 0.15) is 6.04 Å². The van der Waals surface area contributed by atoms with Crippen LogP contribution < -0.4 is 0 Å². The molecule has 1 aliphatic rings. The largest absolute Gasteiger partial charge is 0.471 e. The fourth-order valence-electron chi connectivity index (χ4n) is 1.92. The molecule has 1 rings (SSSR count). The maximum atomic E-state index is 12.4. The van der Waals surface area contributed by atoms with Crippen LogP contribution in [0.1, 0.15) is 19.8 Å². The van der Waals surface area contributed by atoms with E-state index in [4.69, 9.17) is 0 Å². The minimum Gasteiger partial charge on any atom is -0.467 e. The second-order valence-corrected chi connectivity index (χ2v) is 4.18. The Balaban J connectivity index is 2.89. The van der Waals surface area contributed by atoms with E-state index in [1.807, 2.05) is 0 Å². The average molecular weight is 253 g/mol. The Morgan fingerprint density at radius 1 is 1.29 bits per heavy atom. The van der Waals surface area contributed by atoms with Gasteiger partial charge in [-0.1, -0.05) is 6.92 Å². The average Bonchev–Trinajstić information content (AvgIpc) is 2.25. The number of alkyl halides is 3. The fraction of sp³-hybridized carbons (Fsp3) is 0.800. The van der Waals surface area contributed by atoms with Crippen molar-refractivity contribution in [2.24, 2.45) is 5.92 Å². The van der Waals surface area contributed by atoms with Crippen molar-refractivity contribution in [3.8, 4) is 0 Å². The molecule has 4 nitrogen and oxygen atoms in total. The minimum atomic E-state index is -4.96. The first-order valence-corrected chi connectivity index (χ1v) is 5.23. The van der Waals surface area contributed by atoms with E-state index >= 15 is 0 Å². The molecule has 1 aliphatic heterocycles. The molecule has 0 aromatic heterocycles. The molecule has 17 heavy (non-hydrogen) atoms. The summed E-state index contributed by atoms with van der Waals surface area (Å²) in [6, 6.07) is -1.12. The molecule has 0 aromatic carbocycles. The van der Waals surface area contributed by atoms with E-state index in [0.29, 0.717) is 11.3 Å². The van der Waals surface area contributed by atoms with Crippen LogP contribution in [0.2, 0.25) is 0 Å². The number of halogens is 3. The number of methoxy groups -OCH3 is 1. The Bertz CT molecular complexity index is 316. The molecule has 2 atom stereocenters. The zero-order chi connectivity index (χ0) is 13.2. The zero-order valence-electron chi connectivity index (χ0n) is 9.58. The van der Waals surface area contributed by atoms with Gasteiger partial charge >= 0.3 is 18.1 Å². The van der Waals surface area contributed by atoms with Crippen molar-refractivity contribution in [3.63, 3.8) is 0 Å². The Morgan fingerprint density at radius 3 is 2.35 bits per heavy atom. The maximum Gasteiger partial charge on any atom is 0.471 e. The van der Waals surface area contributed by atoms with Crippen LogP contribution in [0.15, 0.2) is 0 Å². The van der Waals surface area contributed by atoms with Crippen LogP contribution in [0.4, 0.5) is 13.2 Å². The quantitative estimate of drug-likeness (QED) is 0.663. The van der Waals surface area contributed by atoms with Crippen molar-refractivity contribution in [1.82, 2.24) is 4.90 Å². The molecule has 0 bridgehead atoms. The van der Waals surface area contributed by atoms with Crippen molar-refractivity contribution >= 4 is 11.9 Å². The van der Waals surface area contributed by atoms with Crippen molar-refractivity contribution in [3.05, 3.63) is 0 Å². The van der Waals surface area contributed by atoms with E-state index < -0.39 is 24.1 Å². The lowest BCUT2D eigenvalue weighted by atomic mass is 9.94. The first kappa shape index (κ1) is 13.8. The van der Waals surface area contributed by atoms with Gasteiger partial charge in [-0.3, -0.25) is 4.79 Å². The minimum absolute atomic E-state index is 0.0535. The third-order valence-corrected chi connectivity index (χ3v) is 2.79. The zero-order valence-corrected chi connectivity index (χ0v) is 9.58. The van der Waals surface area contributed by atoms with E-state index in [-0.39, 0.29) is 18.9 Å². The highest BCUT2D eigenvalue weighted by Gasteiger charge is 2.47. The van der Waals surface area contributed by atoms with Crippen LogP contribution in [-0.2, 0) is 14.3 Å². The summed E-state index contributed by atoms with van der Waals surface area (Å²) in [4.78, 5) is 23.1. The van der Waals surface area contributed by atoms with E-state index in [2.05, 4.69) is 4.74 Å². The Morgan fingerprint density at radius 2 is 1.88 bits per heavy atom. The summed E-state index contributed by atoms with van der Waals surface area (Å²) >= 11 is 0. The number of nitrogens with zero attached hydrogens (tertiary/aromatic N) is 1. The molecule has 1 amide bonds. The number of likely N-dealkylation sites (tertiary alicyclic amines) is 1. The molecule has 1 saturated heterocycles. The van der Waals surface area contributed by atoms with Gasteiger partial charge in [0.2, 0.25) is 0 Å². The number of carbonyl (C=O) groups is 2. The Hall–Kier alpha value is -1.27. The number of hydrogen-bond donors (Lipinski definition) is 0. The number of esters is 1. The van der Waals surface area contributed by atoms with E-state index in [9.17, 15) is 22.8 Å². The van der Waals surface area contributed by atoms with Crippen molar-refractivity contribution in [2.45, 2.75) is 32.0 Å². The van der Waals surface area contributed by atoms with Crippen LogP contribution in [0.5, 0.6) is 0 Å². The standard InChI is InChI=1S/C10H14F3NO3/c1-6-3-4-7(8(15)17-2)14(5-6)9(16)10(11,12)13/h6-7H,3-5H2,1-2H3/t6-,7-/m0/s1. The second kappa shape index (κ2) is 4.93. The second-order valence-electron chi connectivity index (χ2n) is 4.18. The third-order valence-electron chi connectivity index (χ3n) is 2.79. The van der Waals surface area contributed by atoms with Crippen LogP contribution in [0.3, 0.4) is 0 Å². The summed E-state index contributed by atoms with van der Waals surface area (Å²) in [6.07, 6.45) is -4.15. The summed E-state index contributed by atoms with van der Waals surface area (Å²) in [7, 11) is 1.09. The van der Waals surface area contributed by atoms with Gasteiger partial charge < -0.3 is 9.64 Å². The van der Waals surface area contributed by atoms with Gasteiger partial charge in [-0.25, -0.2) is 4.79 Å². The molecule has 0 unspecified atom stereocenters. The van der Waals surface area contributed by atoms with Crippen LogP contribution >= 0.6 is 0 Å². The summed E-state index contributed by atoms with van der Waals surface area (Å²) in [5.74, 6) is -2.82. The monoisotopic (exact) mass is 253 g/mol. The van der Waals surface area contributed by atoms with E-state index in [1.165, 1.54) is 0 Å². The molecule has 1 fully saturated rings. The highest BCUT2D eigenvalue weighted by molar-refractivity contribution is 5.87. The van der Waals surface area contributed by atoms with E-state index in [1.54, 1.807) is 6.92 Å². The van der Waals surface area contributed by atoms with Gasteiger partial charge in [-0.05, 0) is 18.8 Å². The van der Waals surface area contributed by atoms with Gasteiger partial charge in [-0.2, -0.15) is 13.2 Å². The first-order valence-electron chi connectivity index (χ1n) is 5.23. The summed E-state index contributed by atoms with van der Waals surface area (Å²) in [5.41, 5.74) is 0. The van der Waals surface area contributed by atoms with Crippen LogP contribution in [-0.4, -0.2) is 42.6 Å². The molecule has 0 radical (unpaired) electrons. The third kappa shape index (κ3) is 3.10. The summed E-state index contributed by atoms with van der Waals surface area (Å²) in [6.45, 7) is 1.67. The smallest absolute Gasteiger partial charge is 0.467 e. The number of rotatable bonds is 1. The summed E-state index contributed by atoms with van der Waals surface area (Å²) in [5, 5.41) is 0. The van der Waals surface area contributed by atoms with Crippen LogP contribution in [0, 0.1) is 5.92 Å². The van der Waals surface area contributed by atoms with Gasteiger partial charge in [0, 0.05) is 6.54 Å². The maximum absolute atomic E-state index is 12.4. The number of carbonyl (C=O) groups excluding carboxylic acids is 2. The SMILES string of the molecule is COC(=O)[C@@H]1CC[C@H](C)CN1C(=O)C(F)(F)F. The molecule has 0 N–H and O–H groups in total. The van der Waals surface area contributed by atoms with Crippen molar-refractivity contribution in [1.29, 1.82) is 0 Å². The summed E-state index contributed by atoms with van der Waals surface area (Å²) < 4.78 is 41.5. The van der Waals surface area contributed by atoms with Crippen molar-refractivity contribution < 1.29 is 27.5 Å². The first-order chi connectivity index (χ1) is 7.77. The topological polar surface area (TPSA) is 46.6 Å². The highest BCUT2D eigenvalue weighted by Crippen LogP contribution is 2.27. The molecule has 0 aliphatic carbocycles. The molecule has 1 heterocycles. The molecule has 0 saturated carbocycles. The number of hydrogen-bond acceptors (Lipinski definition) is 3. The molecular formula is C10H14F3NO3. The van der Waals surface area contributed by atoms with Gasteiger partial charge in [0.15, 0.2) is 0 Å². The number of ether oxygens (including phenoxy) is 1. The predicted molar refractivity (Wildman–Crippen MR) is 52.0 cm³/mol. The molecule has 0 aromatic rings. The van der Waals surface area contributed by atoms with Gasteiger partial charge in [0.25, 0.3) is 0 Å². The van der Waals surface area contributed by atoms with Gasteiger partial charge in [0.05, 0.1) is 7.11 Å². The van der Waals surface area contributed by atoms with Gasteiger partial charge in [-0.15, -0.1) is 0 Å². The fourth-order valence-corrected chi connectivity index (χ4v) is 1.92. The molecule has 98 valence electrons. The lowest BCUT2D eigenvalue weighted by Gasteiger charge is -2.37. The lowest BCUT2D eigenvalue weighted by molar-refractivity contribution is -0.192. The predicted octanol–water partition coefficient (Wildman–Crippen LogP) is 1.35. The number of amides is 1. The normalized spacial score (nSPS) is 25.6. The van der Waals surface area contributed by atoms with E-state index in [0.717, 1.165) is 7.11 Å². The molecular weight excluding hydrogens is 239 g/mol. The van der Waals surface area contributed by atoms with Crippen LogP contribution in [0.25, 0.3) is 0 Å². The highest BCUT2D eigenvalue weighted by atomic mass is 19.4. The Labute approximate surface area is 96.7 Å². The Kier molecular flexibility index (Phi) is 4.00. The number of piperidine rings is 1. The van der Waals surface area contributed by atoms with Crippen molar-refractivity contribution in [2.75, 3.05) is 13.7 Å².